The van der Waals surface area contributed by atoms with Crippen LogP contribution in [0.3, 0.4) is 0 Å². The fraction of sp³-hybridized carbons (Fsp3) is 0.444. The van der Waals surface area contributed by atoms with Crippen molar-refractivity contribution < 1.29 is 116 Å². The molecule has 9 aromatic rings. The molecule has 0 spiro atoms. The van der Waals surface area contributed by atoms with Gasteiger partial charge in [0.15, 0.2) is 30.2 Å². The summed E-state index contributed by atoms with van der Waals surface area (Å²) < 4.78 is 137. The van der Waals surface area contributed by atoms with Crippen LogP contribution in [0, 0.1) is 0 Å². The Morgan fingerprint density at radius 1 is 0.469 bits per heavy atom. The van der Waals surface area contributed by atoms with Gasteiger partial charge in [-0.3, -0.25) is 42.5 Å². The van der Waals surface area contributed by atoms with Gasteiger partial charge >= 0.3 is 55.2 Å². The molecule has 130 heavy (non-hydrogen) atoms. The summed E-state index contributed by atoms with van der Waals surface area (Å²) in [4.78, 5) is 130. The van der Waals surface area contributed by atoms with Crippen LogP contribution >= 0.6 is 22.7 Å². The van der Waals surface area contributed by atoms with Gasteiger partial charge in [-0.05, 0) is 131 Å². The number of ether oxygens (including phenoxy) is 13. The quantitative estimate of drug-likeness (QED) is 0.00675. The minimum absolute atomic E-state index is 0. The minimum Gasteiger partial charge on any atom is -0.456 e. The summed E-state index contributed by atoms with van der Waals surface area (Å²) in [6, 6.07) is 40.5. The predicted molar refractivity (Wildman–Crippen MR) is 460 cm³/mol. The number of anilines is 2. The van der Waals surface area contributed by atoms with Crippen molar-refractivity contribution >= 4 is 95.2 Å². The number of nitrogens with one attached hydrogen (secondary N) is 2. The molecule has 14 rings (SSSR count). The van der Waals surface area contributed by atoms with Gasteiger partial charge in [0.25, 0.3) is 11.1 Å². The van der Waals surface area contributed by atoms with Gasteiger partial charge in [0, 0.05) is 48.9 Å². The number of aromatic amines is 2. The SMILES string of the molecule is C.C.CC(OC(=O)c1ccccc1)[C@@H]1C[C@@H](N=[N+]=[N-])[C@H](n2c(=O)sc3c(=O)[nH]c(N)nc32)O1.CC(OC(=O)c1ccccc1)[C@@H]1C[C@@H](N=[N+]=[N-])[C@H](n2c(=O)sc3c(=O)[nH]c(N)nc32)O1.COC1O[C@H](C(C)OC(=O)c2ccccc2)C[C@@H]1O.COC1O[C@H](C(C)OC(=O)c2ccccc2)C[C@@H]1OS(=O)(=O)C(F)(F)F.COC1O[C@H](C(C)OC(=O)c2ccccc2)C[C@H]1N=[N+]=[N-]. The number of H-pyrrole nitrogens is 2. The molecule has 0 radical (unpaired) electrons. The van der Waals surface area contributed by atoms with Gasteiger partial charge in [-0.1, -0.05) is 144 Å². The van der Waals surface area contributed by atoms with E-state index in [2.05, 4.69) is 54.2 Å². The summed E-state index contributed by atoms with van der Waals surface area (Å²) in [5, 5.41) is 20.8. The van der Waals surface area contributed by atoms with Crippen LogP contribution in [0.5, 0.6) is 0 Å². The third-order valence-corrected chi connectivity index (χ3v) is 22.9. The Morgan fingerprint density at radius 2 is 0.746 bits per heavy atom. The molecule has 0 amide bonds. The topological polar surface area (TPSA) is 603 Å². The lowest BCUT2D eigenvalue weighted by Gasteiger charge is -2.21. The van der Waals surface area contributed by atoms with Crippen molar-refractivity contribution in [3.8, 4) is 0 Å². The molecule has 7 N–H and O–H groups in total. The lowest BCUT2D eigenvalue weighted by Crippen LogP contribution is -2.34. The molecule has 5 fully saturated rings. The highest BCUT2D eigenvalue weighted by molar-refractivity contribution is 7.87. The summed E-state index contributed by atoms with van der Waals surface area (Å²) >= 11 is 1.37. The Bertz CT molecular complexity index is 5660. The van der Waals surface area contributed by atoms with Gasteiger partial charge in [0.1, 0.15) is 76.8 Å². The maximum atomic E-state index is 12.6. The van der Waals surface area contributed by atoms with E-state index >= 15 is 0 Å². The second kappa shape index (κ2) is 47.1. The highest BCUT2D eigenvalue weighted by atomic mass is 32.2. The average molecular weight is 1870 g/mol. The monoisotopic (exact) mass is 1870 g/mol. The van der Waals surface area contributed by atoms with Crippen LogP contribution in [-0.2, 0) is 75.9 Å². The molecule has 9 heterocycles. The number of fused-ring (bicyclic) bond motifs is 2. The number of benzene rings is 5. The lowest BCUT2D eigenvalue weighted by molar-refractivity contribution is -0.162. The number of azide groups is 3. The normalized spacial score (nSPS) is 23.6. The zero-order chi connectivity index (χ0) is 92.8. The molecule has 5 aromatic carbocycles. The first-order valence-electron chi connectivity index (χ1n) is 38.9. The van der Waals surface area contributed by atoms with E-state index in [0.717, 1.165) is 16.2 Å². The molecule has 0 bridgehead atoms. The fourth-order valence-corrected chi connectivity index (χ4v) is 15.8. The third-order valence-electron chi connectivity index (χ3n) is 20.0. The van der Waals surface area contributed by atoms with E-state index in [-0.39, 0.29) is 84.5 Å². The number of halogens is 3. The Labute approximate surface area is 745 Å². The van der Waals surface area contributed by atoms with Crippen molar-refractivity contribution in [1.82, 2.24) is 29.1 Å². The van der Waals surface area contributed by atoms with E-state index in [9.17, 15) is 69.8 Å². The summed E-state index contributed by atoms with van der Waals surface area (Å²) in [7, 11) is -1.73. The van der Waals surface area contributed by atoms with Crippen LogP contribution in [0.4, 0.5) is 25.1 Å². The number of carbonyl (C=O) groups is 5. The minimum atomic E-state index is -5.81. The van der Waals surface area contributed by atoms with E-state index in [1.807, 2.05) is 12.1 Å². The standard InChI is InChI=1S/2C18H17N7O5S.C15H17F3O7S.C14H17N3O4.C14H18O5.2CH4/c2*1-8(29-16(27)9-5-3-2-4-6-9)11-7-10(23-24-20)15(30-11)25-13-12(31-18(25)28)14(26)22-17(19)21-13;1-9(23-13(19)10-6-4-3-5-7-10)11-8-12(14(22-2)24-11)25-26(20,21)15(16,17)18;1-9(20-13(18)10-6-4-3-5-7-10)12-8-11(16-17-15)14(19-2)21-12;1-9(12-8-11(15)14(17-2)19-12)18-13(16)10-6-4-3-5-7-10;;/h2*2-6,8,10-11,15H,7H2,1H3,(H3,19,21,22,26);3-7,9,11-12,14H,8H2,1-2H3;3-7,9,11-12,14H,8H2,1-2H3;3-7,9,11-12,14-15H,8H2,1-2H3;2*1H4/t2*8?,10-,11+,15-;9?,11-,12-,14?;9?,11-,12+,14?;9?,11-,12-,14?;;/m11010../s1. The van der Waals surface area contributed by atoms with E-state index in [1.165, 1.54) is 33.3 Å². The molecule has 5 aliphatic rings. The molecule has 20 atom stereocenters. The van der Waals surface area contributed by atoms with E-state index < -0.39 is 177 Å². The number of aliphatic hydroxyl groups excluding tert-OH is 1. The summed E-state index contributed by atoms with van der Waals surface area (Å²) in [5.74, 6) is -2.84. The van der Waals surface area contributed by atoms with Gasteiger partial charge in [0.05, 0.1) is 64.3 Å². The fourth-order valence-electron chi connectivity index (χ4n) is 13.5. The third kappa shape index (κ3) is 26.2. The van der Waals surface area contributed by atoms with Crippen LogP contribution < -0.4 is 32.3 Å². The molecule has 8 unspecified atom stereocenters. The highest BCUT2D eigenvalue weighted by Gasteiger charge is 2.53. The molecular formula is C81H94F3N17O26S3. The molecule has 4 aromatic heterocycles. The predicted octanol–water partition coefficient (Wildman–Crippen LogP) is 11.4. The van der Waals surface area contributed by atoms with Crippen LogP contribution in [0.15, 0.2) is 186 Å². The van der Waals surface area contributed by atoms with Gasteiger partial charge in [-0.15, -0.1) is 0 Å². The van der Waals surface area contributed by atoms with Crippen molar-refractivity contribution in [1.29, 1.82) is 0 Å². The van der Waals surface area contributed by atoms with Crippen molar-refractivity contribution in [3.05, 3.63) is 251 Å². The number of alkyl halides is 3. The first-order valence-corrected chi connectivity index (χ1v) is 41.9. The van der Waals surface area contributed by atoms with Crippen LogP contribution in [0.1, 0.15) is 146 Å². The maximum absolute atomic E-state index is 12.6. The average Bonchev–Trinajstić information content (AvgIpc) is 1.61. The van der Waals surface area contributed by atoms with Crippen molar-refractivity contribution in [3.63, 3.8) is 0 Å². The van der Waals surface area contributed by atoms with E-state index in [4.69, 9.17) is 89.6 Å². The first-order chi connectivity index (χ1) is 61.1. The Morgan fingerprint density at radius 3 is 1.05 bits per heavy atom. The number of aliphatic hydroxyl groups is 1. The largest absolute Gasteiger partial charge is 0.523 e. The number of nitrogens with two attached hydrogens (primary N) is 2. The zero-order valence-electron chi connectivity index (χ0n) is 69.0. The Hall–Kier alpha value is -12.5. The number of aromatic nitrogens is 6. The molecule has 5 saturated heterocycles. The highest BCUT2D eigenvalue weighted by Crippen LogP contribution is 2.39. The second-order valence-electron chi connectivity index (χ2n) is 28.6. The van der Waals surface area contributed by atoms with Crippen LogP contribution in [0.25, 0.3) is 52.0 Å². The first kappa shape index (κ1) is 103. The molecule has 0 saturated carbocycles. The van der Waals surface area contributed by atoms with Gasteiger partial charge < -0.3 is 78.2 Å². The summed E-state index contributed by atoms with van der Waals surface area (Å²) in [5.41, 5.74) is 33.2. The van der Waals surface area contributed by atoms with Gasteiger partial charge in [0.2, 0.25) is 11.9 Å². The van der Waals surface area contributed by atoms with Crippen LogP contribution in [0.2, 0.25) is 0 Å². The Balaban J connectivity index is 0.000000202. The number of nitrogens with zero attached hydrogens (tertiary/aromatic N) is 13. The van der Waals surface area contributed by atoms with Gasteiger partial charge in [-0.25, -0.2) is 24.0 Å². The number of hydrogen-bond donors (Lipinski definition) is 5. The maximum Gasteiger partial charge on any atom is 0.523 e. The lowest BCUT2D eigenvalue weighted by atomic mass is 10.1. The molecule has 0 aliphatic carbocycles. The molecule has 43 nitrogen and oxygen atoms in total. The number of carbonyl (C=O) groups excluding carboxylic acids is 5. The number of hydrogen-bond acceptors (Lipinski definition) is 35. The van der Waals surface area contributed by atoms with Crippen LogP contribution in [-0.4, -0.2) is 210 Å². The number of esters is 5. The number of nitrogen functional groups attached to an aromatic ring is 2. The van der Waals surface area contributed by atoms with Crippen molar-refractivity contribution in [2.24, 2.45) is 15.3 Å². The second-order valence-corrected chi connectivity index (χ2v) is 32.1. The Kier molecular flexibility index (Phi) is 37.3. The molecule has 698 valence electrons. The smallest absolute Gasteiger partial charge is 0.456 e. The van der Waals surface area contributed by atoms with Crippen molar-refractivity contribution in [2.75, 3.05) is 32.8 Å². The van der Waals surface area contributed by atoms with Crippen molar-refractivity contribution in [2.45, 2.75) is 210 Å². The zero-order valence-corrected chi connectivity index (χ0v) is 71.4. The molecule has 49 heteroatoms. The van der Waals surface area contributed by atoms with E-state index in [0.29, 0.717) is 57.8 Å². The molecular weight excluding hydrogens is 1780 g/mol. The summed E-state index contributed by atoms with van der Waals surface area (Å²) in [6.07, 6.45) is -12.0. The van der Waals surface area contributed by atoms with Gasteiger partial charge in [-0.2, -0.15) is 31.6 Å². The molecule has 5 aliphatic heterocycles. The van der Waals surface area contributed by atoms with E-state index in [1.54, 1.807) is 155 Å². The number of thiazole rings is 2. The number of methoxy groups -OCH3 is 3. The summed E-state index contributed by atoms with van der Waals surface area (Å²) in [6.45, 7) is 8.26. The number of rotatable bonds is 25.